The Morgan fingerprint density at radius 2 is 1.97 bits per heavy atom. The molecule has 1 aliphatic carbocycles. The number of amides is 1. The molecule has 2 aromatic heterocycles. The molecule has 0 spiro atoms. The summed E-state index contributed by atoms with van der Waals surface area (Å²) in [4.78, 5) is 26.5. The second-order valence-corrected chi connectivity index (χ2v) is 8.98. The van der Waals surface area contributed by atoms with Crippen molar-refractivity contribution >= 4 is 11.9 Å². The Hall–Kier alpha value is -2.44. The van der Waals surface area contributed by atoms with Crippen LogP contribution in [0.4, 0.5) is 5.95 Å². The van der Waals surface area contributed by atoms with Crippen LogP contribution in [0, 0.1) is 11.8 Å². The average molecular weight is 395 g/mol. The van der Waals surface area contributed by atoms with E-state index in [0.29, 0.717) is 11.8 Å². The minimum atomic E-state index is 0.252. The summed E-state index contributed by atoms with van der Waals surface area (Å²) in [7, 11) is 1.97. The van der Waals surface area contributed by atoms with Crippen LogP contribution in [0.5, 0.6) is 0 Å². The number of carbonyl (C=O) groups excluding carboxylic acids is 1. The SMILES string of the molecule is C[C@@H]1C[C@@H]1C(=O)N1CCC[C@H](c2nn(C)cc2-c2ccnc(N3CCCC3)n2)C1. The van der Waals surface area contributed by atoms with Crippen LogP contribution >= 0.6 is 0 Å². The van der Waals surface area contributed by atoms with Crippen LogP contribution < -0.4 is 4.90 Å². The fourth-order valence-corrected chi connectivity index (χ4v) is 4.87. The first-order chi connectivity index (χ1) is 14.1. The number of aryl methyl sites for hydroxylation is 1. The summed E-state index contributed by atoms with van der Waals surface area (Å²) < 4.78 is 1.88. The van der Waals surface area contributed by atoms with Crippen molar-refractivity contribution in [3.05, 3.63) is 24.2 Å². The summed E-state index contributed by atoms with van der Waals surface area (Å²) in [6.07, 6.45) is 9.49. The molecule has 154 valence electrons. The lowest BCUT2D eigenvalue weighted by atomic mass is 9.91. The maximum absolute atomic E-state index is 12.8. The van der Waals surface area contributed by atoms with Crippen molar-refractivity contribution in [2.45, 2.75) is 44.9 Å². The van der Waals surface area contributed by atoms with Crippen LogP contribution in [0.25, 0.3) is 11.3 Å². The summed E-state index contributed by atoms with van der Waals surface area (Å²) in [6.45, 7) is 5.89. The van der Waals surface area contributed by atoms with E-state index in [-0.39, 0.29) is 11.8 Å². The minimum absolute atomic E-state index is 0.252. The third-order valence-electron chi connectivity index (χ3n) is 6.71. The molecule has 3 atom stereocenters. The van der Waals surface area contributed by atoms with Gasteiger partial charge in [-0.3, -0.25) is 9.48 Å². The first-order valence-corrected chi connectivity index (χ1v) is 11.0. The third kappa shape index (κ3) is 3.63. The van der Waals surface area contributed by atoms with E-state index < -0.39 is 0 Å². The van der Waals surface area contributed by atoms with Crippen molar-refractivity contribution in [1.29, 1.82) is 0 Å². The molecule has 0 bridgehead atoms. The Labute approximate surface area is 172 Å². The number of hydrogen-bond acceptors (Lipinski definition) is 5. The van der Waals surface area contributed by atoms with Gasteiger partial charge in [-0.15, -0.1) is 0 Å². The minimum Gasteiger partial charge on any atom is -0.342 e. The van der Waals surface area contributed by atoms with Gasteiger partial charge >= 0.3 is 0 Å². The van der Waals surface area contributed by atoms with E-state index in [1.54, 1.807) is 0 Å². The summed E-state index contributed by atoms with van der Waals surface area (Å²) in [5.74, 6) is 2.24. The van der Waals surface area contributed by atoms with Gasteiger partial charge in [-0.2, -0.15) is 5.10 Å². The van der Waals surface area contributed by atoms with Crippen LogP contribution in [0.15, 0.2) is 18.5 Å². The summed E-state index contributed by atoms with van der Waals surface area (Å²) in [5, 5.41) is 4.81. The predicted octanol–water partition coefficient (Wildman–Crippen LogP) is 2.84. The maximum atomic E-state index is 12.8. The van der Waals surface area contributed by atoms with Crippen LogP contribution in [0.1, 0.15) is 50.6 Å². The molecule has 0 radical (unpaired) electrons. The van der Waals surface area contributed by atoms with Gasteiger partial charge in [0.05, 0.1) is 11.4 Å². The molecule has 1 saturated carbocycles. The molecule has 2 aliphatic heterocycles. The Morgan fingerprint density at radius 3 is 2.72 bits per heavy atom. The second-order valence-electron chi connectivity index (χ2n) is 8.98. The summed E-state index contributed by atoms with van der Waals surface area (Å²) in [5.41, 5.74) is 3.08. The summed E-state index contributed by atoms with van der Waals surface area (Å²) >= 11 is 0. The molecule has 4 heterocycles. The van der Waals surface area contributed by atoms with Gasteiger partial charge < -0.3 is 9.80 Å². The number of piperidine rings is 1. The van der Waals surface area contributed by atoms with Crippen molar-refractivity contribution in [3.8, 4) is 11.3 Å². The van der Waals surface area contributed by atoms with Crippen LogP contribution in [0.3, 0.4) is 0 Å². The lowest BCUT2D eigenvalue weighted by Crippen LogP contribution is -2.40. The largest absolute Gasteiger partial charge is 0.342 e. The predicted molar refractivity (Wildman–Crippen MR) is 112 cm³/mol. The van der Waals surface area contributed by atoms with Gasteiger partial charge in [-0.25, -0.2) is 9.97 Å². The number of aromatic nitrogens is 4. The van der Waals surface area contributed by atoms with Crippen LogP contribution in [-0.2, 0) is 11.8 Å². The zero-order valence-corrected chi connectivity index (χ0v) is 17.4. The van der Waals surface area contributed by atoms with Gasteiger partial charge in [0.15, 0.2) is 0 Å². The first kappa shape index (κ1) is 18.6. The number of nitrogens with zero attached hydrogens (tertiary/aromatic N) is 6. The number of rotatable bonds is 4. The Kier molecular flexibility index (Phi) is 4.76. The molecule has 0 unspecified atom stereocenters. The van der Waals surface area contributed by atoms with Crippen molar-refractivity contribution in [1.82, 2.24) is 24.6 Å². The molecule has 0 N–H and O–H groups in total. The first-order valence-electron chi connectivity index (χ1n) is 11.0. The van der Waals surface area contributed by atoms with Crippen LogP contribution in [-0.4, -0.2) is 56.7 Å². The average Bonchev–Trinajstić information content (AvgIpc) is 3.14. The molecule has 3 fully saturated rings. The molecule has 5 rings (SSSR count). The Bertz CT molecular complexity index is 902. The van der Waals surface area contributed by atoms with Gasteiger partial charge in [-0.1, -0.05) is 6.92 Å². The molecule has 7 nitrogen and oxygen atoms in total. The molecule has 3 aliphatic rings. The van der Waals surface area contributed by atoms with Crippen molar-refractivity contribution < 1.29 is 4.79 Å². The zero-order valence-electron chi connectivity index (χ0n) is 17.4. The Morgan fingerprint density at radius 1 is 1.17 bits per heavy atom. The van der Waals surface area contributed by atoms with Crippen molar-refractivity contribution in [3.63, 3.8) is 0 Å². The molecule has 0 aromatic carbocycles. The van der Waals surface area contributed by atoms with E-state index in [2.05, 4.69) is 27.9 Å². The van der Waals surface area contributed by atoms with E-state index in [4.69, 9.17) is 10.1 Å². The zero-order chi connectivity index (χ0) is 20.0. The van der Waals surface area contributed by atoms with Crippen molar-refractivity contribution in [2.75, 3.05) is 31.1 Å². The fourth-order valence-electron chi connectivity index (χ4n) is 4.87. The monoisotopic (exact) mass is 394 g/mol. The molecule has 1 amide bonds. The van der Waals surface area contributed by atoms with Gasteiger partial charge in [0.1, 0.15) is 0 Å². The van der Waals surface area contributed by atoms with E-state index in [1.807, 2.05) is 24.0 Å². The Balaban J connectivity index is 1.41. The molecule has 7 heteroatoms. The molecule has 2 aromatic rings. The standard InChI is InChI=1S/C22H30N6O/c1-15-12-17(15)21(29)28-11-5-6-16(13-28)20-18(14-26(2)25-20)19-7-8-23-22(24-19)27-9-3-4-10-27/h7-8,14-17H,3-6,9-13H2,1-2H3/t15-,16+,17+/m1/s1. The third-order valence-corrected chi connectivity index (χ3v) is 6.71. The van der Waals surface area contributed by atoms with Crippen LogP contribution in [0.2, 0.25) is 0 Å². The lowest BCUT2D eigenvalue weighted by Gasteiger charge is -2.32. The second kappa shape index (κ2) is 7.43. The molecule has 29 heavy (non-hydrogen) atoms. The lowest BCUT2D eigenvalue weighted by molar-refractivity contribution is -0.134. The van der Waals surface area contributed by atoms with Gasteiger partial charge in [-0.05, 0) is 44.1 Å². The van der Waals surface area contributed by atoms with E-state index >= 15 is 0 Å². The normalized spacial score (nSPS) is 26.8. The molecular formula is C22H30N6O. The van der Waals surface area contributed by atoms with Gasteiger partial charge in [0.25, 0.3) is 0 Å². The van der Waals surface area contributed by atoms with E-state index in [0.717, 1.165) is 68.3 Å². The highest BCUT2D eigenvalue weighted by molar-refractivity contribution is 5.81. The number of hydrogen-bond donors (Lipinski definition) is 0. The number of anilines is 1. The van der Waals surface area contributed by atoms with E-state index in [9.17, 15) is 4.79 Å². The van der Waals surface area contributed by atoms with Crippen molar-refractivity contribution in [2.24, 2.45) is 18.9 Å². The maximum Gasteiger partial charge on any atom is 0.225 e. The molecule has 2 saturated heterocycles. The van der Waals surface area contributed by atoms with E-state index in [1.165, 1.54) is 12.8 Å². The van der Waals surface area contributed by atoms with Gasteiger partial charge in [0.2, 0.25) is 11.9 Å². The quantitative estimate of drug-likeness (QED) is 0.798. The highest BCUT2D eigenvalue weighted by Gasteiger charge is 2.42. The highest BCUT2D eigenvalue weighted by atomic mass is 16.2. The summed E-state index contributed by atoms with van der Waals surface area (Å²) in [6, 6.07) is 1.98. The topological polar surface area (TPSA) is 67.2 Å². The van der Waals surface area contributed by atoms with Gasteiger partial charge in [0, 0.05) is 63.0 Å². The smallest absolute Gasteiger partial charge is 0.225 e. The molecular weight excluding hydrogens is 364 g/mol. The highest BCUT2D eigenvalue weighted by Crippen LogP contribution is 2.41. The number of carbonyl (C=O) groups is 1. The number of likely N-dealkylation sites (tertiary alicyclic amines) is 1. The fraction of sp³-hybridized carbons (Fsp3) is 0.636.